The maximum absolute atomic E-state index is 13.1. The van der Waals surface area contributed by atoms with Crippen molar-refractivity contribution in [1.82, 2.24) is 10.2 Å². The molecule has 1 heterocycles. The molecule has 0 aromatic heterocycles. The van der Waals surface area contributed by atoms with Crippen LogP contribution in [0.15, 0.2) is 0 Å². The molecule has 20 heavy (non-hydrogen) atoms. The van der Waals surface area contributed by atoms with Gasteiger partial charge in [-0.15, -0.1) is 0 Å². The van der Waals surface area contributed by atoms with Gasteiger partial charge in [-0.1, -0.05) is 27.2 Å². The van der Waals surface area contributed by atoms with Gasteiger partial charge in [0.05, 0.1) is 12.1 Å². The summed E-state index contributed by atoms with van der Waals surface area (Å²) < 4.78 is 5.20. The third-order valence-corrected chi connectivity index (χ3v) is 4.51. The Morgan fingerprint density at radius 2 is 2.05 bits per heavy atom. The number of amides is 1. The van der Waals surface area contributed by atoms with E-state index in [-0.39, 0.29) is 5.54 Å². The van der Waals surface area contributed by atoms with Crippen LogP contribution in [0.2, 0.25) is 0 Å². The third-order valence-electron chi connectivity index (χ3n) is 4.51. The molecule has 1 unspecified atom stereocenters. The lowest BCUT2D eigenvalue weighted by Crippen LogP contribution is -2.57. The molecule has 0 bridgehead atoms. The van der Waals surface area contributed by atoms with Crippen molar-refractivity contribution in [3.05, 3.63) is 0 Å². The molecule has 4 heteroatoms. The second-order valence-electron chi connectivity index (χ2n) is 5.82. The summed E-state index contributed by atoms with van der Waals surface area (Å²) in [6, 6.07) is 0.328. The predicted molar refractivity (Wildman–Crippen MR) is 82.8 cm³/mol. The quantitative estimate of drug-likeness (QED) is 0.707. The summed E-state index contributed by atoms with van der Waals surface area (Å²) in [7, 11) is 1.70. The number of nitrogens with one attached hydrogen (secondary N) is 1. The maximum atomic E-state index is 13.1. The first-order valence-corrected chi connectivity index (χ1v) is 8.20. The minimum absolute atomic E-state index is 0.294. The second kappa shape index (κ2) is 8.63. The number of carbonyl (C=O) groups excluding carboxylic acids is 1. The summed E-state index contributed by atoms with van der Waals surface area (Å²) >= 11 is 0. The Labute approximate surface area is 124 Å². The van der Waals surface area contributed by atoms with E-state index in [0.717, 1.165) is 45.1 Å². The van der Waals surface area contributed by atoms with E-state index >= 15 is 0 Å². The summed E-state index contributed by atoms with van der Waals surface area (Å²) in [6.07, 6.45) is 6.08. The van der Waals surface area contributed by atoms with Crippen molar-refractivity contribution in [3.8, 4) is 0 Å². The van der Waals surface area contributed by atoms with Gasteiger partial charge in [0.2, 0.25) is 5.91 Å². The Bertz CT molecular complexity index is 284. The number of hydrogen-bond acceptors (Lipinski definition) is 3. The Balaban J connectivity index is 2.88. The van der Waals surface area contributed by atoms with Crippen molar-refractivity contribution >= 4 is 5.91 Å². The van der Waals surface area contributed by atoms with Gasteiger partial charge in [-0.25, -0.2) is 0 Å². The highest BCUT2D eigenvalue weighted by Crippen LogP contribution is 2.28. The highest BCUT2D eigenvalue weighted by Gasteiger charge is 2.43. The smallest absolute Gasteiger partial charge is 0.243 e. The summed E-state index contributed by atoms with van der Waals surface area (Å²) in [5, 5.41) is 3.50. The summed E-state index contributed by atoms with van der Waals surface area (Å²) in [6.45, 7) is 8.77. The van der Waals surface area contributed by atoms with Crippen LogP contribution in [0.4, 0.5) is 0 Å². The lowest BCUT2D eigenvalue weighted by atomic mass is 9.89. The van der Waals surface area contributed by atoms with E-state index in [1.54, 1.807) is 7.11 Å². The fourth-order valence-electron chi connectivity index (χ4n) is 3.38. The van der Waals surface area contributed by atoms with Crippen LogP contribution in [0.25, 0.3) is 0 Å². The van der Waals surface area contributed by atoms with Gasteiger partial charge in [-0.05, 0) is 38.6 Å². The minimum atomic E-state index is -0.314. The Hall–Kier alpha value is -0.610. The maximum Gasteiger partial charge on any atom is 0.243 e. The van der Waals surface area contributed by atoms with Gasteiger partial charge in [-0.2, -0.15) is 0 Å². The normalized spacial score (nSPS) is 22.4. The summed E-state index contributed by atoms with van der Waals surface area (Å²) in [5.41, 5.74) is -0.314. The third kappa shape index (κ3) is 3.95. The van der Waals surface area contributed by atoms with Crippen molar-refractivity contribution in [2.75, 3.05) is 26.8 Å². The van der Waals surface area contributed by atoms with Gasteiger partial charge in [0.1, 0.15) is 0 Å². The highest BCUT2D eigenvalue weighted by atomic mass is 16.5. The molecule has 1 N–H and O–H groups in total. The summed E-state index contributed by atoms with van der Waals surface area (Å²) in [4.78, 5) is 15.2. The standard InChI is InChI=1S/C16H32N2O2/c1-5-9-16(10-8-11-17-16)15(19)18(12-13-20-4)14(6-2)7-3/h14,17H,5-13H2,1-4H3. The first-order valence-electron chi connectivity index (χ1n) is 8.20. The molecular formula is C16H32N2O2. The molecule has 1 aliphatic rings. The van der Waals surface area contributed by atoms with Crippen LogP contribution in [0.3, 0.4) is 0 Å². The Kier molecular flexibility index (Phi) is 7.52. The van der Waals surface area contributed by atoms with Crippen LogP contribution in [-0.4, -0.2) is 49.2 Å². The lowest BCUT2D eigenvalue weighted by Gasteiger charge is -2.38. The lowest BCUT2D eigenvalue weighted by molar-refractivity contribution is -0.141. The van der Waals surface area contributed by atoms with Crippen LogP contribution in [0.5, 0.6) is 0 Å². The predicted octanol–water partition coefficient (Wildman–Crippen LogP) is 2.57. The fraction of sp³-hybridized carbons (Fsp3) is 0.938. The number of carbonyl (C=O) groups is 1. The molecule has 1 fully saturated rings. The van der Waals surface area contributed by atoms with E-state index in [2.05, 4.69) is 31.0 Å². The van der Waals surface area contributed by atoms with Crippen molar-refractivity contribution < 1.29 is 9.53 Å². The molecule has 4 nitrogen and oxygen atoms in total. The zero-order chi connectivity index (χ0) is 15.0. The van der Waals surface area contributed by atoms with Crippen molar-refractivity contribution in [3.63, 3.8) is 0 Å². The van der Waals surface area contributed by atoms with Gasteiger partial charge < -0.3 is 15.0 Å². The van der Waals surface area contributed by atoms with Crippen molar-refractivity contribution in [2.24, 2.45) is 0 Å². The molecule has 0 saturated carbocycles. The number of methoxy groups -OCH3 is 1. The zero-order valence-electron chi connectivity index (χ0n) is 13.7. The average Bonchev–Trinajstić information content (AvgIpc) is 2.93. The van der Waals surface area contributed by atoms with Crippen molar-refractivity contribution in [1.29, 1.82) is 0 Å². The van der Waals surface area contributed by atoms with Gasteiger partial charge in [-0.3, -0.25) is 4.79 Å². The average molecular weight is 284 g/mol. The van der Waals surface area contributed by atoms with Crippen molar-refractivity contribution in [2.45, 2.75) is 70.9 Å². The van der Waals surface area contributed by atoms with Crippen LogP contribution < -0.4 is 5.32 Å². The molecule has 1 aliphatic heterocycles. The molecule has 1 saturated heterocycles. The van der Waals surface area contributed by atoms with E-state index in [9.17, 15) is 4.79 Å². The first-order chi connectivity index (χ1) is 9.65. The van der Waals surface area contributed by atoms with Gasteiger partial charge >= 0.3 is 0 Å². The number of ether oxygens (including phenoxy) is 1. The molecule has 0 aromatic rings. The van der Waals surface area contributed by atoms with Crippen LogP contribution in [0.1, 0.15) is 59.3 Å². The molecule has 0 aliphatic carbocycles. The zero-order valence-corrected chi connectivity index (χ0v) is 13.7. The molecule has 0 aromatic carbocycles. The molecule has 1 rings (SSSR count). The molecule has 0 radical (unpaired) electrons. The monoisotopic (exact) mass is 284 g/mol. The molecule has 0 spiro atoms. The van der Waals surface area contributed by atoms with E-state index < -0.39 is 0 Å². The highest BCUT2D eigenvalue weighted by molar-refractivity contribution is 5.87. The van der Waals surface area contributed by atoms with Crippen LogP contribution >= 0.6 is 0 Å². The molecule has 1 amide bonds. The largest absolute Gasteiger partial charge is 0.383 e. The number of nitrogens with zero attached hydrogens (tertiary/aromatic N) is 1. The van der Waals surface area contributed by atoms with Gasteiger partial charge in [0.15, 0.2) is 0 Å². The minimum Gasteiger partial charge on any atom is -0.383 e. The molecule has 1 atom stereocenters. The van der Waals surface area contributed by atoms with Crippen LogP contribution in [-0.2, 0) is 9.53 Å². The first kappa shape index (κ1) is 17.4. The van der Waals surface area contributed by atoms with E-state index in [0.29, 0.717) is 25.1 Å². The molecular weight excluding hydrogens is 252 g/mol. The van der Waals surface area contributed by atoms with Crippen LogP contribution in [0, 0.1) is 0 Å². The fourth-order valence-corrected chi connectivity index (χ4v) is 3.38. The second-order valence-corrected chi connectivity index (χ2v) is 5.82. The molecule has 118 valence electrons. The summed E-state index contributed by atoms with van der Waals surface area (Å²) in [5.74, 6) is 0.294. The SMILES string of the molecule is CCCC1(C(=O)N(CCOC)C(CC)CC)CCCN1. The Morgan fingerprint density at radius 1 is 1.35 bits per heavy atom. The van der Waals surface area contributed by atoms with E-state index in [1.165, 1.54) is 0 Å². The number of rotatable bonds is 9. The Morgan fingerprint density at radius 3 is 2.50 bits per heavy atom. The topological polar surface area (TPSA) is 41.6 Å². The van der Waals surface area contributed by atoms with Gasteiger partial charge in [0, 0.05) is 19.7 Å². The number of hydrogen-bond donors (Lipinski definition) is 1. The van der Waals surface area contributed by atoms with E-state index in [4.69, 9.17) is 4.74 Å². The van der Waals surface area contributed by atoms with Gasteiger partial charge in [0.25, 0.3) is 0 Å². The van der Waals surface area contributed by atoms with E-state index in [1.807, 2.05) is 0 Å².